The zero-order chi connectivity index (χ0) is 11.8. The molecule has 0 saturated heterocycles. The first kappa shape index (κ1) is 13.7. The maximum Gasteiger partial charge on any atom is 0.0115 e. The highest BCUT2D eigenvalue weighted by Gasteiger charge is 2.12. The maximum atomic E-state index is 3.80. The normalized spacial score (nSPS) is 14.9. The van der Waals surface area contributed by atoms with Crippen molar-refractivity contribution in [3.8, 4) is 0 Å². The predicted octanol–water partition coefficient (Wildman–Crippen LogP) is 4.24. The lowest BCUT2D eigenvalue weighted by atomic mass is 10.0. The lowest BCUT2D eigenvalue weighted by Gasteiger charge is -2.23. The van der Waals surface area contributed by atoms with E-state index in [4.69, 9.17) is 0 Å². The molecule has 0 aliphatic carbocycles. The molecule has 0 fully saturated rings. The van der Waals surface area contributed by atoms with E-state index in [1.54, 1.807) is 0 Å². The summed E-state index contributed by atoms with van der Waals surface area (Å²) in [6, 6.07) is 5.75. The molecule has 0 spiro atoms. The summed E-state index contributed by atoms with van der Waals surface area (Å²) in [7, 11) is 0. The summed E-state index contributed by atoms with van der Waals surface area (Å²) in [6.45, 7) is 6.83. The van der Waals surface area contributed by atoms with Crippen molar-refractivity contribution in [3.05, 3.63) is 22.4 Å². The van der Waals surface area contributed by atoms with Crippen LogP contribution in [0.15, 0.2) is 17.5 Å². The summed E-state index contributed by atoms with van der Waals surface area (Å²) in [5, 5.41) is 5.97. The van der Waals surface area contributed by atoms with E-state index in [-0.39, 0.29) is 0 Å². The highest BCUT2D eigenvalue weighted by atomic mass is 32.1. The van der Waals surface area contributed by atoms with Crippen LogP contribution < -0.4 is 5.32 Å². The Morgan fingerprint density at radius 2 is 1.94 bits per heavy atom. The molecule has 1 aromatic rings. The van der Waals surface area contributed by atoms with Crippen molar-refractivity contribution in [2.24, 2.45) is 0 Å². The van der Waals surface area contributed by atoms with Crippen LogP contribution in [-0.4, -0.2) is 12.1 Å². The summed E-state index contributed by atoms with van der Waals surface area (Å²) < 4.78 is 0. The van der Waals surface area contributed by atoms with Crippen LogP contribution in [0.5, 0.6) is 0 Å². The van der Waals surface area contributed by atoms with Crippen LogP contribution >= 0.6 is 11.3 Å². The van der Waals surface area contributed by atoms with Gasteiger partial charge in [-0.05, 0) is 37.1 Å². The van der Waals surface area contributed by atoms with Gasteiger partial charge in [0.15, 0.2) is 0 Å². The van der Waals surface area contributed by atoms with Crippen molar-refractivity contribution in [1.82, 2.24) is 5.32 Å². The number of hydrogen-bond donors (Lipinski definition) is 1. The van der Waals surface area contributed by atoms with Gasteiger partial charge in [-0.1, -0.05) is 33.3 Å². The highest BCUT2D eigenvalue weighted by Crippen LogP contribution is 2.14. The lowest BCUT2D eigenvalue weighted by Crippen LogP contribution is -2.38. The molecule has 0 bridgehead atoms. The van der Waals surface area contributed by atoms with Gasteiger partial charge in [0.25, 0.3) is 0 Å². The Kier molecular flexibility index (Phi) is 6.74. The first-order valence-corrected chi connectivity index (χ1v) is 7.46. The number of nitrogens with one attached hydrogen (secondary N) is 1. The Balaban J connectivity index is 2.41. The van der Waals surface area contributed by atoms with Crippen LogP contribution in [0.25, 0.3) is 0 Å². The lowest BCUT2D eigenvalue weighted by molar-refractivity contribution is 0.386. The number of rotatable bonds is 8. The van der Waals surface area contributed by atoms with Crippen molar-refractivity contribution < 1.29 is 0 Å². The molecule has 2 atom stereocenters. The first-order chi connectivity index (χ1) is 7.80. The molecule has 1 rings (SSSR count). The molecule has 1 aromatic heterocycles. The second-order valence-corrected chi connectivity index (χ2v) is 5.48. The zero-order valence-corrected chi connectivity index (χ0v) is 11.6. The van der Waals surface area contributed by atoms with Gasteiger partial charge in [0.2, 0.25) is 0 Å². The van der Waals surface area contributed by atoms with Crippen LogP contribution in [0.1, 0.15) is 51.3 Å². The van der Waals surface area contributed by atoms with E-state index in [0.717, 1.165) is 0 Å². The third-order valence-electron chi connectivity index (χ3n) is 3.12. The van der Waals surface area contributed by atoms with Gasteiger partial charge < -0.3 is 5.32 Å². The fourth-order valence-corrected chi connectivity index (χ4v) is 2.87. The number of hydrogen-bond acceptors (Lipinski definition) is 2. The molecule has 0 saturated carbocycles. The molecule has 0 amide bonds. The Hall–Kier alpha value is -0.340. The van der Waals surface area contributed by atoms with Gasteiger partial charge in [0, 0.05) is 17.0 Å². The number of thiophene rings is 1. The average Bonchev–Trinajstić information content (AvgIpc) is 2.80. The summed E-state index contributed by atoms with van der Waals surface area (Å²) in [5.74, 6) is 0. The largest absolute Gasteiger partial charge is 0.311 e. The SMILES string of the molecule is CCCC(CC)NC(CC)Cc1cccs1. The van der Waals surface area contributed by atoms with E-state index in [2.05, 4.69) is 43.6 Å². The van der Waals surface area contributed by atoms with Crippen LogP contribution in [0.2, 0.25) is 0 Å². The van der Waals surface area contributed by atoms with Gasteiger partial charge in [0.1, 0.15) is 0 Å². The molecule has 16 heavy (non-hydrogen) atoms. The van der Waals surface area contributed by atoms with Crippen LogP contribution in [0.3, 0.4) is 0 Å². The van der Waals surface area contributed by atoms with E-state index < -0.39 is 0 Å². The molecule has 0 aromatic carbocycles. The van der Waals surface area contributed by atoms with Gasteiger partial charge in [-0.3, -0.25) is 0 Å². The minimum atomic E-state index is 0.648. The molecule has 1 nitrogen and oxygen atoms in total. The van der Waals surface area contributed by atoms with Crippen molar-refractivity contribution in [2.75, 3.05) is 0 Å². The third-order valence-corrected chi connectivity index (χ3v) is 4.02. The molecule has 2 unspecified atom stereocenters. The van der Waals surface area contributed by atoms with E-state index in [9.17, 15) is 0 Å². The predicted molar refractivity (Wildman–Crippen MR) is 74.2 cm³/mol. The summed E-state index contributed by atoms with van der Waals surface area (Å²) >= 11 is 1.87. The molecule has 1 heterocycles. The average molecular weight is 239 g/mol. The van der Waals surface area contributed by atoms with Gasteiger partial charge in [-0.15, -0.1) is 11.3 Å². The third kappa shape index (κ3) is 4.67. The second-order valence-electron chi connectivity index (χ2n) is 4.45. The Labute approximate surface area is 104 Å². The maximum absolute atomic E-state index is 3.80. The topological polar surface area (TPSA) is 12.0 Å². The van der Waals surface area contributed by atoms with E-state index in [0.29, 0.717) is 12.1 Å². The zero-order valence-electron chi connectivity index (χ0n) is 10.8. The Morgan fingerprint density at radius 3 is 2.44 bits per heavy atom. The fraction of sp³-hybridized carbons (Fsp3) is 0.714. The van der Waals surface area contributed by atoms with Crippen molar-refractivity contribution >= 4 is 11.3 Å². The Morgan fingerprint density at radius 1 is 1.19 bits per heavy atom. The second kappa shape index (κ2) is 7.86. The molecule has 0 radical (unpaired) electrons. The first-order valence-electron chi connectivity index (χ1n) is 6.58. The highest BCUT2D eigenvalue weighted by molar-refractivity contribution is 7.09. The molecule has 0 aliphatic heterocycles. The Bertz CT molecular complexity index is 256. The van der Waals surface area contributed by atoms with Gasteiger partial charge in [-0.25, -0.2) is 0 Å². The van der Waals surface area contributed by atoms with Crippen molar-refractivity contribution in [1.29, 1.82) is 0 Å². The van der Waals surface area contributed by atoms with Gasteiger partial charge in [-0.2, -0.15) is 0 Å². The van der Waals surface area contributed by atoms with E-state index in [1.807, 2.05) is 11.3 Å². The van der Waals surface area contributed by atoms with E-state index in [1.165, 1.54) is 37.0 Å². The molecular weight excluding hydrogens is 214 g/mol. The summed E-state index contributed by atoms with van der Waals surface area (Å²) in [6.07, 6.45) is 6.24. The molecule has 2 heteroatoms. The molecule has 92 valence electrons. The van der Waals surface area contributed by atoms with Crippen molar-refractivity contribution in [3.63, 3.8) is 0 Å². The van der Waals surface area contributed by atoms with Crippen molar-refractivity contribution in [2.45, 2.75) is 65.0 Å². The van der Waals surface area contributed by atoms with Gasteiger partial charge >= 0.3 is 0 Å². The van der Waals surface area contributed by atoms with E-state index >= 15 is 0 Å². The molecular formula is C14H25NS. The minimum Gasteiger partial charge on any atom is -0.311 e. The van der Waals surface area contributed by atoms with Gasteiger partial charge in [0.05, 0.1) is 0 Å². The summed E-state index contributed by atoms with van der Waals surface area (Å²) in [5.41, 5.74) is 0. The minimum absolute atomic E-state index is 0.648. The molecule has 1 N–H and O–H groups in total. The summed E-state index contributed by atoms with van der Waals surface area (Å²) in [4.78, 5) is 1.51. The van der Waals surface area contributed by atoms with Crippen LogP contribution in [0.4, 0.5) is 0 Å². The quantitative estimate of drug-likeness (QED) is 0.715. The monoisotopic (exact) mass is 239 g/mol. The standard InChI is InChI=1S/C14H25NS/c1-4-8-12(5-2)15-13(6-3)11-14-9-7-10-16-14/h7,9-10,12-13,15H,4-6,8,11H2,1-3H3. The van der Waals surface area contributed by atoms with Crippen LogP contribution in [-0.2, 0) is 6.42 Å². The fourth-order valence-electron chi connectivity index (χ4n) is 2.08. The molecule has 0 aliphatic rings. The smallest absolute Gasteiger partial charge is 0.0115 e. The van der Waals surface area contributed by atoms with Crippen LogP contribution in [0, 0.1) is 0 Å².